The molecule has 0 unspecified atom stereocenters. The lowest BCUT2D eigenvalue weighted by molar-refractivity contribution is 0.314. The minimum absolute atomic E-state index is 0.176. The molecule has 94 valence electrons. The van der Waals surface area contributed by atoms with Crippen LogP contribution in [0.25, 0.3) is 0 Å². The van der Waals surface area contributed by atoms with E-state index < -0.39 is 0 Å². The molecule has 0 saturated heterocycles. The lowest BCUT2D eigenvalue weighted by Crippen LogP contribution is -2.28. The number of rotatable bonds is 6. The molecule has 1 aliphatic rings. The molecular weight excluding hydrogens is 220 g/mol. The average molecular weight is 238 g/mol. The zero-order valence-electron chi connectivity index (χ0n) is 9.94. The van der Waals surface area contributed by atoms with E-state index in [0.717, 1.165) is 30.8 Å². The Morgan fingerprint density at radius 3 is 3.00 bits per heavy atom. The van der Waals surface area contributed by atoms with Crippen molar-refractivity contribution in [3.63, 3.8) is 0 Å². The highest BCUT2D eigenvalue weighted by molar-refractivity contribution is 5.80. The highest BCUT2D eigenvalue weighted by Crippen LogP contribution is 2.48. The zero-order chi connectivity index (χ0) is 12.3. The monoisotopic (exact) mass is 238 g/mol. The van der Waals surface area contributed by atoms with Gasteiger partial charge < -0.3 is 20.8 Å². The first-order chi connectivity index (χ1) is 8.13. The van der Waals surface area contributed by atoms with E-state index in [-0.39, 0.29) is 5.41 Å². The molecular formula is C11H18N4O2. The summed E-state index contributed by atoms with van der Waals surface area (Å²) >= 11 is 0. The molecule has 1 aromatic rings. The van der Waals surface area contributed by atoms with E-state index in [1.165, 1.54) is 0 Å². The van der Waals surface area contributed by atoms with Gasteiger partial charge in [-0.2, -0.15) is 0 Å². The van der Waals surface area contributed by atoms with Crippen LogP contribution in [0.3, 0.4) is 0 Å². The second kappa shape index (κ2) is 4.75. The van der Waals surface area contributed by atoms with E-state index >= 15 is 0 Å². The Balaban J connectivity index is 1.75. The summed E-state index contributed by atoms with van der Waals surface area (Å²) in [4.78, 5) is 0. The first kappa shape index (κ1) is 11.9. The first-order valence-corrected chi connectivity index (χ1v) is 5.73. The molecule has 1 aliphatic carbocycles. The van der Waals surface area contributed by atoms with Crippen molar-refractivity contribution < 1.29 is 9.73 Å². The number of oxime groups is 1. The third kappa shape index (κ3) is 3.20. The molecule has 0 spiro atoms. The third-order valence-corrected chi connectivity index (χ3v) is 3.12. The summed E-state index contributed by atoms with van der Waals surface area (Å²) in [6, 6.07) is 1.91. The van der Waals surface area contributed by atoms with Crippen molar-refractivity contribution in [2.24, 2.45) is 16.3 Å². The fourth-order valence-corrected chi connectivity index (χ4v) is 1.97. The summed E-state index contributed by atoms with van der Waals surface area (Å²) in [5, 5.41) is 18.8. The van der Waals surface area contributed by atoms with Crippen molar-refractivity contribution in [3.05, 3.63) is 17.5 Å². The van der Waals surface area contributed by atoms with Gasteiger partial charge in [0.25, 0.3) is 0 Å². The van der Waals surface area contributed by atoms with Crippen LogP contribution in [0.1, 0.15) is 30.7 Å². The van der Waals surface area contributed by atoms with Crippen molar-refractivity contribution in [3.8, 4) is 0 Å². The van der Waals surface area contributed by atoms with Gasteiger partial charge >= 0.3 is 0 Å². The van der Waals surface area contributed by atoms with Gasteiger partial charge in [0.2, 0.25) is 0 Å². The van der Waals surface area contributed by atoms with Crippen LogP contribution in [0, 0.1) is 12.3 Å². The van der Waals surface area contributed by atoms with Crippen LogP contribution in [0.2, 0.25) is 0 Å². The smallest absolute Gasteiger partial charge is 0.139 e. The molecule has 17 heavy (non-hydrogen) atoms. The Bertz CT molecular complexity index is 409. The largest absolute Gasteiger partial charge is 0.409 e. The van der Waals surface area contributed by atoms with E-state index in [1.807, 2.05) is 13.0 Å². The number of hydrogen-bond donors (Lipinski definition) is 3. The SMILES string of the molecule is Cc1cc(CNCC2(CC(N)=NO)CC2)no1. The standard InChI is InChI=1S/C11H18N4O2/c1-8-4-9(15-17-8)6-13-7-11(2-3-11)5-10(12)14-16/h4,13,16H,2-3,5-7H2,1H3,(H2,12,14). The summed E-state index contributed by atoms with van der Waals surface area (Å²) in [5.74, 6) is 1.13. The zero-order valence-corrected chi connectivity index (χ0v) is 9.94. The Labute approximate surface area is 99.8 Å². The number of amidine groups is 1. The van der Waals surface area contributed by atoms with Crippen molar-refractivity contribution in [2.75, 3.05) is 6.54 Å². The fraction of sp³-hybridized carbons (Fsp3) is 0.636. The molecule has 1 saturated carbocycles. The van der Waals surface area contributed by atoms with Crippen LogP contribution in [-0.2, 0) is 6.54 Å². The van der Waals surface area contributed by atoms with Gasteiger partial charge in [-0.05, 0) is 25.2 Å². The van der Waals surface area contributed by atoms with Crippen LogP contribution in [0.15, 0.2) is 15.7 Å². The summed E-state index contributed by atoms with van der Waals surface area (Å²) in [5.41, 5.74) is 6.61. The maximum absolute atomic E-state index is 8.55. The van der Waals surface area contributed by atoms with Crippen LogP contribution in [0.5, 0.6) is 0 Å². The quantitative estimate of drug-likeness (QED) is 0.297. The normalized spacial score (nSPS) is 18.3. The Kier molecular flexibility index (Phi) is 3.33. The van der Waals surface area contributed by atoms with Crippen LogP contribution >= 0.6 is 0 Å². The predicted octanol–water partition coefficient (Wildman–Crippen LogP) is 0.989. The average Bonchev–Trinajstić information content (AvgIpc) is 2.93. The third-order valence-electron chi connectivity index (χ3n) is 3.12. The van der Waals surface area contributed by atoms with Crippen molar-refractivity contribution in [1.29, 1.82) is 0 Å². The van der Waals surface area contributed by atoms with Crippen molar-refractivity contribution >= 4 is 5.84 Å². The molecule has 0 atom stereocenters. The molecule has 6 nitrogen and oxygen atoms in total. The summed E-state index contributed by atoms with van der Waals surface area (Å²) < 4.78 is 4.98. The molecule has 1 fully saturated rings. The predicted molar refractivity (Wildman–Crippen MR) is 62.6 cm³/mol. The van der Waals surface area contributed by atoms with Gasteiger partial charge in [0.1, 0.15) is 11.6 Å². The minimum Gasteiger partial charge on any atom is -0.409 e. The molecule has 4 N–H and O–H groups in total. The molecule has 6 heteroatoms. The lowest BCUT2D eigenvalue weighted by Gasteiger charge is -2.14. The van der Waals surface area contributed by atoms with E-state index in [1.54, 1.807) is 0 Å². The summed E-state index contributed by atoms with van der Waals surface area (Å²) in [6.07, 6.45) is 2.89. The molecule has 1 heterocycles. The van der Waals surface area contributed by atoms with Gasteiger partial charge in [0.15, 0.2) is 0 Å². The van der Waals surface area contributed by atoms with Crippen LogP contribution < -0.4 is 11.1 Å². The molecule has 2 rings (SSSR count). The van der Waals surface area contributed by atoms with E-state index in [0.29, 0.717) is 18.8 Å². The Morgan fingerprint density at radius 1 is 1.71 bits per heavy atom. The van der Waals surface area contributed by atoms with E-state index in [2.05, 4.69) is 15.6 Å². The molecule has 0 bridgehead atoms. The number of nitrogens with two attached hydrogens (primary N) is 1. The fourth-order valence-electron chi connectivity index (χ4n) is 1.97. The van der Waals surface area contributed by atoms with Gasteiger partial charge in [0, 0.05) is 25.6 Å². The number of aryl methyl sites for hydroxylation is 1. The Hall–Kier alpha value is -1.56. The maximum atomic E-state index is 8.55. The number of hydrogen-bond acceptors (Lipinski definition) is 5. The molecule has 1 aromatic heterocycles. The Morgan fingerprint density at radius 2 is 2.47 bits per heavy atom. The summed E-state index contributed by atoms with van der Waals surface area (Å²) in [7, 11) is 0. The van der Waals surface area contributed by atoms with Gasteiger partial charge in [0.05, 0.1) is 5.69 Å². The van der Waals surface area contributed by atoms with Gasteiger partial charge in [-0.15, -0.1) is 0 Å². The van der Waals surface area contributed by atoms with Crippen LogP contribution in [0.4, 0.5) is 0 Å². The lowest BCUT2D eigenvalue weighted by atomic mass is 10.0. The number of aromatic nitrogens is 1. The molecule has 0 radical (unpaired) electrons. The summed E-state index contributed by atoms with van der Waals surface area (Å²) in [6.45, 7) is 3.42. The first-order valence-electron chi connectivity index (χ1n) is 5.73. The topological polar surface area (TPSA) is 96.7 Å². The minimum atomic E-state index is 0.176. The van der Waals surface area contributed by atoms with Crippen molar-refractivity contribution in [1.82, 2.24) is 10.5 Å². The highest BCUT2D eigenvalue weighted by atomic mass is 16.5. The molecule has 0 aromatic carbocycles. The van der Waals surface area contributed by atoms with E-state index in [9.17, 15) is 0 Å². The van der Waals surface area contributed by atoms with E-state index in [4.69, 9.17) is 15.5 Å². The maximum Gasteiger partial charge on any atom is 0.139 e. The number of nitrogens with one attached hydrogen (secondary N) is 1. The highest BCUT2D eigenvalue weighted by Gasteiger charge is 2.42. The van der Waals surface area contributed by atoms with Crippen molar-refractivity contribution in [2.45, 2.75) is 32.7 Å². The number of nitrogens with zero attached hydrogens (tertiary/aromatic N) is 2. The molecule has 0 amide bonds. The van der Waals surface area contributed by atoms with Crippen LogP contribution in [-0.4, -0.2) is 22.7 Å². The van der Waals surface area contributed by atoms with Gasteiger partial charge in [-0.1, -0.05) is 10.3 Å². The molecule has 0 aliphatic heterocycles. The second-order valence-electron chi connectivity index (χ2n) is 4.80. The second-order valence-corrected chi connectivity index (χ2v) is 4.80. The van der Waals surface area contributed by atoms with Gasteiger partial charge in [-0.25, -0.2) is 0 Å². The van der Waals surface area contributed by atoms with Gasteiger partial charge in [-0.3, -0.25) is 0 Å².